The van der Waals surface area contributed by atoms with Gasteiger partial charge in [0.1, 0.15) is 18.1 Å². The molecule has 9 heteroatoms. The molecular formula is C25H38N4O5. The molecule has 0 aliphatic carbocycles. The molecule has 1 fully saturated rings. The molecule has 1 saturated heterocycles. The van der Waals surface area contributed by atoms with E-state index < -0.39 is 42.0 Å². The Bertz CT molecular complexity index is 860. The SMILES string of the molecule is CC[C@H](C)[C@H](NC(=O)[C@@H]1CCCN1C(=O)[C@@H](N)C(C)C)C(=O)N[C@@H](Cc1ccccc1)C(=O)O. The van der Waals surface area contributed by atoms with E-state index in [1.54, 1.807) is 24.3 Å². The van der Waals surface area contributed by atoms with Crippen molar-refractivity contribution in [3.63, 3.8) is 0 Å². The molecule has 1 aromatic rings. The van der Waals surface area contributed by atoms with Gasteiger partial charge in [0.2, 0.25) is 17.7 Å². The van der Waals surface area contributed by atoms with Crippen LogP contribution in [0.15, 0.2) is 30.3 Å². The molecule has 34 heavy (non-hydrogen) atoms. The maximum absolute atomic E-state index is 13.2. The van der Waals surface area contributed by atoms with Crippen molar-refractivity contribution in [2.75, 3.05) is 6.54 Å². The maximum Gasteiger partial charge on any atom is 0.326 e. The Hall–Kier alpha value is -2.94. The van der Waals surface area contributed by atoms with Crippen LogP contribution in [-0.2, 0) is 25.6 Å². The third kappa shape index (κ3) is 7.03. The Morgan fingerprint density at radius 3 is 2.32 bits per heavy atom. The van der Waals surface area contributed by atoms with Gasteiger partial charge in [0.05, 0.1) is 6.04 Å². The van der Waals surface area contributed by atoms with E-state index in [0.29, 0.717) is 25.8 Å². The molecule has 2 rings (SSSR count). The van der Waals surface area contributed by atoms with Gasteiger partial charge in [-0.15, -0.1) is 0 Å². The van der Waals surface area contributed by atoms with Crippen LogP contribution in [0.5, 0.6) is 0 Å². The van der Waals surface area contributed by atoms with Crippen molar-refractivity contribution < 1.29 is 24.3 Å². The van der Waals surface area contributed by atoms with Gasteiger partial charge in [0, 0.05) is 13.0 Å². The van der Waals surface area contributed by atoms with Crippen LogP contribution < -0.4 is 16.4 Å². The fourth-order valence-electron chi connectivity index (χ4n) is 4.04. The van der Waals surface area contributed by atoms with E-state index in [9.17, 15) is 24.3 Å². The third-order valence-electron chi connectivity index (χ3n) is 6.53. The first-order chi connectivity index (χ1) is 16.1. The summed E-state index contributed by atoms with van der Waals surface area (Å²) >= 11 is 0. The maximum atomic E-state index is 13.2. The van der Waals surface area contributed by atoms with Gasteiger partial charge in [-0.05, 0) is 30.2 Å². The highest BCUT2D eigenvalue weighted by atomic mass is 16.4. The van der Waals surface area contributed by atoms with Gasteiger partial charge in [-0.3, -0.25) is 14.4 Å². The summed E-state index contributed by atoms with van der Waals surface area (Å²) in [4.78, 5) is 52.4. The molecule has 188 valence electrons. The van der Waals surface area contributed by atoms with Crippen LogP contribution in [0.3, 0.4) is 0 Å². The summed E-state index contributed by atoms with van der Waals surface area (Å²) in [5.74, 6) is -2.70. The molecule has 5 N–H and O–H groups in total. The zero-order valence-corrected chi connectivity index (χ0v) is 20.5. The van der Waals surface area contributed by atoms with E-state index in [-0.39, 0.29) is 24.2 Å². The van der Waals surface area contributed by atoms with Crippen LogP contribution in [0.4, 0.5) is 0 Å². The molecule has 1 aliphatic heterocycles. The summed E-state index contributed by atoms with van der Waals surface area (Å²) in [6.07, 6.45) is 1.89. The topological polar surface area (TPSA) is 142 Å². The summed E-state index contributed by atoms with van der Waals surface area (Å²) in [7, 11) is 0. The van der Waals surface area contributed by atoms with Gasteiger partial charge in [-0.2, -0.15) is 0 Å². The lowest BCUT2D eigenvalue weighted by Gasteiger charge is -2.31. The monoisotopic (exact) mass is 474 g/mol. The van der Waals surface area contributed by atoms with Gasteiger partial charge >= 0.3 is 5.97 Å². The van der Waals surface area contributed by atoms with E-state index in [0.717, 1.165) is 5.56 Å². The number of nitrogens with zero attached hydrogens (tertiary/aromatic N) is 1. The quantitative estimate of drug-likeness (QED) is 0.381. The molecule has 9 nitrogen and oxygen atoms in total. The van der Waals surface area contributed by atoms with Crippen LogP contribution in [0.2, 0.25) is 0 Å². The Labute approximate surface area is 201 Å². The van der Waals surface area contributed by atoms with Crippen molar-refractivity contribution in [3.05, 3.63) is 35.9 Å². The van der Waals surface area contributed by atoms with Crippen molar-refractivity contribution >= 4 is 23.7 Å². The van der Waals surface area contributed by atoms with E-state index >= 15 is 0 Å². The molecule has 3 amide bonds. The van der Waals surface area contributed by atoms with E-state index in [4.69, 9.17) is 5.73 Å². The number of likely N-dealkylation sites (tertiary alicyclic amines) is 1. The fraction of sp³-hybridized carbons (Fsp3) is 0.600. The molecule has 0 radical (unpaired) electrons. The number of carbonyl (C=O) groups is 4. The van der Waals surface area contributed by atoms with Crippen LogP contribution in [0.25, 0.3) is 0 Å². The van der Waals surface area contributed by atoms with Gasteiger partial charge in [-0.25, -0.2) is 4.79 Å². The zero-order chi connectivity index (χ0) is 25.4. The van der Waals surface area contributed by atoms with Crippen molar-refractivity contribution in [3.8, 4) is 0 Å². The van der Waals surface area contributed by atoms with Crippen LogP contribution >= 0.6 is 0 Å². The first-order valence-corrected chi connectivity index (χ1v) is 12.0. The molecular weight excluding hydrogens is 436 g/mol. The average molecular weight is 475 g/mol. The predicted octanol–water partition coefficient (Wildman–Crippen LogP) is 1.30. The predicted molar refractivity (Wildman–Crippen MR) is 129 cm³/mol. The smallest absolute Gasteiger partial charge is 0.326 e. The standard InChI is InChI=1S/C25H38N4O5/c1-5-16(4)21(23(31)27-18(25(33)34)14-17-10-7-6-8-11-17)28-22(30)19-12-9-13-29(19)24(32)20(26)15(2)3/h6-8,10-11,15-16,18-21H,5,9,12-14,26H2,1-4H3,(H,27,31)(H,28,30)(H,33,34)/t16-,18-,19-,20-,21-/m0/s1. The number of carboxylic acids is 1. The molecule has 0 saturated carbocycles. The van der Waals surface area contributed by atoms with Crippen LogP contribution in [-0.4, -0.2) is 64.4 Å². The number of carboxylic acid groups (broad SMARTS) is 1. The van der Waals surface area contributed by atoms with Gasteiger partial charge < -0.3 is 26.4 Å². The van der Waals surface area contributed by atoms with Gasteiger partial charge in [-0.1, -0.05) is 64.4 Å². The zero-order valence-electron chi connectivity index (χ0n) is 20.5. The van der Waals surface area contributed by atoms with Gasteiger partial charge in [0.25, 0.3) is 0 Å². The second kappa shape index (κ2) is 12.5. The highest BCUT2D eigenvalue weighted by Gasteiger charge is 2.39. The number of carbonyl (C=O) groups excluding carboxylic acids is 3. The second-order valence-corrected chi connectivity index (χ2v) is 9.42. The number of amides is 3. The molecule has 1 aliphatic rings. The normalized spacial score (nSPS) is 19.2. The Morgan fingerprint density at radius 1 is 1.12 bits per heavy atom. The summed E-state index contributed by atoms with van der Waals surface area (Å²) in [5.41, 5.74) is 6.80. The van der Waals surface area contributed by atoms with E-state index in [1.165, 1.54) is 4.90 Å². The molecule has 0 unspecified atom stereocenters. The second-order valence-electron chi connectivity index (χ2n) is 9.42. The minimum atomic E-state index is -1.15. The molecule has 1 heterocycles. The Balaban J connectivity index is 2.13. The molecule has 0 spiro atoms. The molecule has 5 atom stereocenters. The Kier molecular flexibility index (Phi) is 10.0. The number of aliphatic carboxylic acids is 1. The number of nitrogens with two attached hydrogens (primary N) is 1. The van der Waals surface area contributed by atoms with Crippen molar-refractivity contribution in [2.24, 2.45) is 17.6 Å². The largest absolute Gasteiger partial charge is 0.480 e. The minimum absolute atomic E-state index is 0.0620. The number of hydrogen-bond donors (Lipinski definition) is 4. The summed E-state index contributed by atoms with van der Waals surface area (Å²) in [6.45, 7) is 7.86. The minimum Gasteiger partial charge on any atom is -0.480 e. The van der Waals surface area contributed by atoms with Crippen molar-refractivity contribution in [1.29, 1.82) is 0 Å². The summed E-state index contributed by atoms with van der Waals surface area (Å²) in [5, 5.41) is 15.0. The number of hydrogen-bond acceptors (Lipinski definition) is 5. The van der Waals surface area contributed by atoms with Gasteiger partial charge in [0.15, 0.2) is 0 Å². The van der Waals surface area contributed by atoms with Crippen LogP contribution in [0.1, 0.15) is 52.5 Å². The molecule has 0 bridgehead atoms. The highest BCUT2D eigenvalue weighted by molar-refractivity contribution is 5.94. The first-order valence-electron chi connectivity index (χ1n) is 12.0. The van der Waals surface area contributed by atoms with Crippen LogP contribution in [0, 0.1) is 11.8 Å². The first kappa shape index (κ1) is 27.3. The lowest BCUT2D eigenvalue weighted by atomic mass is 9.96. The average Bonchev–Trinajstić information content (AvgIpc) is 3.31. The van der Waals surface area contributed by atoms with Crippen molar-refractivity contribution in [1.82, 2.24) is 15.5 Å². The number of rotatable bonds is 11. The Morgan fingerprint density at radius 2 is 1.76 bits per heavy atom. The molecule has 1 aromatic carbocycles. The lowest BCUT2D eigenvalue weighted by molar-refractivity contribution is -0.143. The van der Waals surface area contributed by atoms with E-state index in [1.807, 2.05) is 33.8 Å². The highest BCUT2D eigenvalue weighted by Crippen LogP contribution is 2.21. The number of nitrogens with one attached hydrogen (secondary N) is 2. The lowest BCUT2D eigenvalue weighted by Crippen LogP contribution is -2.58. The fourth-order valence-corrected chi connectivity index (χ4v) is 4.04. The number of benzene rings is 1. The molecule has 0 aromatic heterocycles. The van der Waals surface area contributed by atoms with E-state index in [2.05, 4.69) is 10.6 Å². The third-order valence-corrected chi connectivity index (χ3v) is 6.53. The van der Waals surface area contributed by atoms with Crippen molar-refractivity contribution in [2.45, 2.75) is 77.5 Å². The summed E-state index contributed by atoms with van der Waals surface area (Å²) < 4.78 is 0. The summed E-state index contributed by atoms with van der Waals surface area (Å²) in [6, 6.07) is 5.58.